The molecule has 28 heavy (non-hydrogen) atoms. The van der Waals surface area contributed by atoms with E-state index in [4.69, 9.17) is 0 Å². The van der Waals surface area contributed by atoms with Gasteiger partial charge in [-0.05, 0) is 49.2 Å². The number of hydrogen-bond donors (Lipinski definition) is 1. The number of pyridine rings is 1. The quantitative estimate of drug-likeness (QED) is 0.619. The summed E-state index contributed by atoms with van der Waals surface area (Å²) in [5.74, 6) is 1.04. The number of thioether (sulfide) groups is 1. The predicted octanol–water partition coefficient (Wildman–Crippen LogP) is 3.47. The standard InChI is InChI=1S/C20H22N6OS/c1-25(2)16-7-5-15(6-8-16)22-18(27)13-28-20-24-23-19(26(20)17-9-10-17)14-4-3-11-21-12-14/h3-8,11-12,17H,9-10,13H2,1-2H3,(H,22,27). The number of anilines is 2. The van der Waals surface area contributed by atoms with Gasteiger partial charge < -0.3 is 10.2 Å². The Morgan fingerprint density at radius 1 is 1.21 bits per heavy atom. The maximum Gasteiger partial charge on any atom is 0.234 e. The highest BCUT2D eigenvalue weighted by Gasteiger charge is 2.30. The molecule has 0 aliphatic heterocycles. The van der Waals surface area contributed by atoms with Crippen LogP contribution in [0, 0.1) is 0 Å². The summed E-state index contributed by atoms with van der Waals surface area (Å²) < 4.78 is 2.14. The molecule has 0 unspecified atom stereocenters. The first-order chi connectivity index (χ1) is 13.6. The summed E-state index contributed by atoms with van der Waals surface area (Å²) in [6.07, 6.45) is 5.76. The van der Waals surface area contributed by atoms with Crippen LogP contribution >= 0.6 is 11.8 Å². The van der Waals surface area contributed by atoms with Gasteiger partial charge in [-0.25, -0.2) is 0 Å². The molecule has 1 fully saturated rings. The molecule has 1 aliphatic carbocycles. The van der Waals surface area contributed by atoms with E-state index in [0.29, 0.717) is 6.04 Å². The van der Waals surface area contributed by atoms with E-state index in [0.717, 1.165) is 40.8 Å². The van der Waals surface area contributed by atoms with Gasteiger partial charge in [-0.15, -0.1) is 10.2 Å². The molecular weight excluding hydrogens is 372 g/mol. The summed E-state index contributed by atoms with van der Waals surface area (Å²) >= 11 is 1.41. The average molecular weight is 395 g/mol. The number of nitrogens with one attached hydrogen (secondary N) is 1. The van der Waals surface area contributed by atoms with Crippen LogP contribution in [0.25, 0.3) is 11.4 Å². The van der Waals surface area contributed by atoms with Crippen molar-refractivity contribution >= 4 is 29.0 Å². The Bertz CT molecular complexity index is 951. The van der Waals surface area contributed by atoms with Gasteiger partial charge in [0, 0.05) is 49.5 Å². The van der Waals surface area contributed by atoms with Gasteiger partial charge in [-0.2, -0.15) is 0 Å². The van der Waals surface area contributed by atoms with E-state index in [9.17, 15) is 4.79 Å². The smallest absolute Gasteiger partial charge is 0.234 e. The zero-order chi connectivity index (χ0) is 19.5. The van der Waals surface area contributed by atoms with E-state index in [1.165, 1.54) is 11.8 Å². The number of carbonyl (C=O) groups is 1. The Balaban J connectivity index is 1.42. The second-order valence-corrected chi connectivity index (χ2v) is 7.87. The molecule has 1 N–H and O–H groups in total. The van der Waals surface area contributed by atoms with Crippen molar-refractivity contribution in [1.29, 1.82) is 0 Å². The lowest BCUT2D eigenvalue weighted by atomic mass is 10.2. The highest BCUT2D eigenvalue weighted by Crippen LogP contribution is 2.40. The number of rotatable bonds is 7. The van der Waals surface area contributed by atoms with Crippen LogP contribution in [0.4, 0.5) is 11.4 Å². The lowest BCUT2D eigenvalue weighted by molar-refractivity contribution is -0.113. The lowest BCUT2D eigenvalue weighted by Gasteiger charge is -2.13. The second-order valence-electron chi connectivity index (χ2n) is 6.93. The zero-order valence-electron chi connectivity index (χ0n) is 15.9. The number of carbonyl (C=O) groups excluding carboxylic acids is 1. The zero-order valence-corrected chi connectivity index (χ0v) is 16.7. The molecule has 0 saturated heterocycles. The molecule has 144 valence electrons. The van der Waals surface area contributed by atoms with Crippen LogP contribution in [0.15, 0.2) is 53.9 Å². The topological polar surface area (TPSA) is 75.9 Å². The van der Waals surface area contributed by atoms with Crippen molar-refractivity contribution in [3.8, 4) is 11.4 Å². The van der Waals surface area contributed by atoms with Gasteiger partial charge in [0.05, 0.1) is 5.75 Å². The Morgan fingerprint density at radius 2 is 2.00 bits per heavy atom. The SMILES string of the molecule is CN(C)c1ccc(NC(=O)CSc2nnc(-c3cccnc3)n2C2CC2)cc1. The van der Waals surface area contributed by atoms with Crippen molar-refractivity contribution in [3.05, 3.63) is 48.8 Å². The molecule has 1 aliphatic rings. The van der Waals surface area contributed by atoms with Gasteiger partial charge in [-0.1, -0.05) is 11.8 Å². The van der Waals surface area contributed by atoms with Crippen LogP contribution in [0.5, 0.6) is 0 Å². The van der Waals surface area contributed by atoms with Crippen molar-refractivity contribution in [1.82, 2.24) is 19.7 Å². The van der Waals surface area contributed by atoms with Crippen molar-refractivity contribution in [2.45, 2.75) is 24.0 Å². The molecule has 2 heterocycles. The molecule has 0 radical (unpaired) electrons. The van der Waals surface area contributed by atoms with E-state index < -0.39 is 0 Å². The minimum atomic E-state index is -0.0594. The molecule has 7 nitrogen and oxygen atoms in total. The van der Waals surface area contributed by atoms with Crippen molar-refractivity contribution in [2.75, 3.05) is 30.1 Å². The van der Waals surface area contributed by atoms with E-state index >= 15 is 0 Å². The molecule has 1 aromatic carbocycles. The van der Waals surface area contributed by atoms with Gasteiger partial charge in [-0.3, -0.25) is 14.3 Å². The van der Waals surface area contributed by atoms with Crippen LogP contribution in [-0.2, 0) is 4.79 Å². The number of hydrogen-bond acceptors (Lipinski definition) is 6. The number of nitrogens with zero attached hydrogens (tertiary/aromatic N) is 5. The molecule has 8 heteroatoms. The third kappa shape index (κ3) is 4.17. The highest BCUT2D eigenvalue weighted by molar-refractivity contribution is 7.99. The summed E-state index contributed by atoms with van der Waals surface area (Å²) in [5, 5.41) is 12.4. The fourth-order valence-electron chi connectivity index (χ4n) is 2.90. The third-order valence-electron chi connectivity index (χ3n) is 4.50. The first-order valence-electron chi connectivity index (χ1n) is 9.17. The summed E-state index contributed by atoms with van der Waals surface area (Å²) in [7, 11) is 3.97. The second kappa shape index (κ2) is 8.02. The number of benzene rings is 1. The monoisotopic (exact) mass is 394 g/mol. The molecule has 3 aromatic rings. The maximum atomic E-state index is 12.4. The summed E-state index contributed by atoms with van der Waals surface area (Å²) in [5.41, 5.74) is 2.82. The van der Waals surface area contributed by atoms with Gasteiger partial charge in [0.1, 0.15) is 0 Å². The lowest BCUT2D eigenvalue weighted by Crippen LogP contribution is -2.15. The van der Waals surface area contributed by atoms with Gasteiger partial charge in [0.25, 0.3) is 0 Å². The average Bonchev–Trinajstić information content (AvgIpc) is 3.46. The minimum Gasteiger partial charge on any atom is -0.378 e. The maximum absolute atomic E-state index is 12.4. The van der Waals surface area contributed by atoms with E-state index in [1.54, 1.807) is 12.4 Å². The largest absolute Gasteiger partial charge is 0.378 e. The molecule has 4 rings (SSSR count). The Labute approximate surface area is 168 Å². The Kier molecular flexibility index (Phi) is 5.29. The van der Waals surface area contributed by atoms with Crippen LogP contribution in [0.3, 0.4) is 0 Å². The van der Waals surface area contributed by atoms with E-state index in [1.807, 2.05) is 55.4 Å². The molecule has 0 spiro atoms. The van der Waals surface area contributed by atoms with Crippen molar-refractivity contribution in [3.63, 3.8) is 0 Å². The summed E-state index contributed by atoms with van der Waals surface area (Å²) in [6, 6.07) is 12.1. The summed E-state index contributed by atoms with van der Waals surface area (Å²) in [6.45, 7) is 0. The number of aromatic nitrogens is 4. The van der Waals surface area contributed by atoms with E-state index in [2.05, 4.69) is 25.1 Å². The van der Waals surface area contributed by atoms with Gasteiger partial charge >= 0.3 is 0 Å². The summed E-state index contributed by atoms with van der Waals surface area (Å²) in [4.78, 5) is 18.6. The Morgan fingerprint density at radius 3 is 2.64 bits per heavy atom. The van der Waals surface area contributed by atoms with Crippen molar-refractivity contribution < 1.29 is 4.79 Å². The van der Waals surface area contributed by atoms with E-state index in [-0.39, 0.29) is 11.7 Å². The van der Waals surface area contributed by atoms with Crippen LogP contribution in [0.2, 0.25) is 0 Å². The molecule has 0 atom stereocenters. The highest BCUT2D eigenvalue weighted by atomic mass is 32.2. The molecule has 2 aromatic heterocycles. The first kappa shape index (κ1) is 18.5. The van der Waals surface area contributed by atoms with Crippen molar-refractivity contribution in [2.24, 2.45) is 0 Å². The minimum absolute atomic E-state index is 0.0594. The fourth-order valence-corrected chi connectivity index (χ4v) is 3.70. The van der Waals surface area contributed by atoms with Crippen LogP contribution < -0.4 is 10.2 Å². The fraction of sp³-hybridized carbons (Fsp3) is 0.300. The number of amides is 1. The molecular formula is C20H22N6OS. The van der Waals surface area contributed by atoms with Crippen LogP contribution in [-0.4, -0.2) is 45.5 Å². The molecule has 1 saturated carbocycles. The van der Waals surface area contributed by atoms with Gasteiger partial charge in [0.15, 0.2) is 11.0 Å². The first-order valence-corrected chi connectivity index (χ1v) is 10.2. The molecule has 1 amide bonds. The predicted molar refractivity (Wildman–Crippen MR) is 112 cm³/mol. The Hall–Kier alpha value is -2.87. The normalized spacial score (nSPS) is 13.4. The van der Waals surface area contributed by atoms with Gasteiger partial charge in [0.2, 0.25) is 5.91 Å². The third-order valence-corrected chi connectivity index (χ3v) is 5.44. The molecule has 0 bridgehead atoms. The van der Waals surface area contributed by atoms with Crippen LogP contribution in [0.1, 0.15) is 18.9 Å².